The molecule has 0 aliphatic carbocycles. The number of H-pyrrole nitrogens is 1. The van der Waals surface area contributed by atoms with Gasteiger partial charge in [-0.2, -0.15) is 5.10 Å². The number of imide groups is 1. The van der Waals surface area contributed by atoms with Gasteiger partial charge in [0.25, 0.3) is 5.91 Å². The highest BCUT2D eigenvalue weighted by atomic mass is 16.2. The van der Waals surface area contributed by atoms with Gasteiger partial charge in [0.2, 0.25) is 0 Å². The van der Waals surface area contributed by atoms with E-state index in [1.54, 1.807) is 42.4 Å². The zero-order valence-electron chi connectivity index (χ0n) is 15.6. The molecule has 4 rings (SSSR count). The van der Waals surface area contributed by atoms with Crippen LogP contribution in [0.1, 0.15) is 24.5 Å². The number of hydrogen-bond acceptors (Lipinski definition) is 4. The van der Waals surface area contributed by atoms with Crippen molar-refractivity contribution in [2.24, 2.45) is 0 Å². The van der Waals surface area contributed by atoms with E-state index in [9.17, 15) is 14.4 Å². The highest BCUT2D eigenvalue weighted by molar-refractivity contribution is 6.19. The molecule has 0 radical (unpaired) electrons. The van der Waals surface area contributed by atoms with Gasteiger partial charge in [-0.25, -0.2) is 14.5 Å². The third-order valence-corrected chi connectivity index (χ3v) is 5.17. The van der Waals surface area contributed by atoms with Crippen molar-refractivity contribution in [1.82, 2.24) is 20.0 Å². The average molecular weight is 382 g/mol. The van der Waals surface area contributed by atoms with Crippen molar-refractivity contribution < 1.29 is 14.4 Å². The molecule has 3 heterocycles. The summed E-state index contributed by atoms with van der Waals surface area (Å²) in [7, 11) is 1.58. The Morgan fingerprint density at radius 3 is 2.86 bits per heavy atom. The molecule has 0 bridgehead atoms. The van der Waals surface area contributed by atoms with Crippen molar-refractivity contribution in [2.75, 3.05) is 36.9 Å². The number of likely N-dealkylation sites (N-methyl/N-ethyl adjacent to an activating group) is 1. The normalized spacial score (nSPS) is 20.0. The monoisotopic (exact) mass is 382 g/mol. The van der Waals surface area contributed by atoms with Crippen molar-refractivity contribution in [1.29, 1.82) is 0 Å². The Labute approximate surface area is 162 Å². The molecule has 146 valence electrons. The molecule has 9 nitrogen and oxygen atoms in total. The number of hydrogen-bond donors (Lipinski definition) is 2. The lowest BCUT2D eigenvalue weighted by atomic mass is 9.95. The fraction of sp³-hybridized carbons (Fsp3) is 0.368. The molecule has 2 aliphatic rings. The largest absolute Gasteiger partial charge is 0.331 e. The van der Waals surface area contributed by atoms with E-state index in [2.05, 4.69) is 15.5 Å². The first kappa shape index (κ1) is 18.0. The van der Waals surface area contributed by atoms with E-state index >= 15 is 0 Å². The topological polar surface area (TPSA) is 102 Å². The van der Waals surface area contributed by atoms with Crippen molar-refractivity contribution >= 4 is 29.3 Å². The number of amides is 5. The maximum atomic E-state index is 12.7. The Balaban J connectivity index is 1.45. The first-order valence-electron chi connectivity index (χ1n) is 9.26. The van der Waals surface area contributed by atoms with Gasteiger partial charge >= 0.3 is 12.1 Å². The highest BCUT2D eigenvalue weighted by Gasteiger charge is 2.35. The molecule has 0 unspecified atom stereocenters. The molecule has 5 amide bonds. The fourth-order valence-corrected chi connectivity index (χ4v) is 3.71. The summed E-state index contributed by atoms with van der Waals surface area (Å²) >= 11 is 0. The Kier molecular flexibility index (Phi) is 4.72. The summed E-state index contributed by atoms with van der Waals surface area (Å²) < 4.78 is 0. The van der Waals surface area contributed by atoms with E-state index < -0.39 is 0 Å². The summed E-state index contributed by atoms with van der Waals surface area (Å²) in [4.78, 5) is 41.3. The molecule has 1 aromatic heterocycles. The minimum Gasteiger partial charge on any atom is -0.324 e. The van der Waals surface area contributed by atoms with Gasteiger partial charge < -0.3 is 15.1 Å². The number of aromatic amines is 1. The maximum absolute atomic E-state index is 12.7. The molecular weight excluding hydrogens is 360 g/mol. The number of carbonyl (C=O) groups is 3. The van der Waals surface area contributed by atoms with Crippen LogP contribution in [0, 0.1) is 0 Å². The van der Waals surface area contributed by atoms with Gasteiger partial charge in [0, 0.05) is 43.6 Å². The zero-order chi connectivity index (χ0) is 19.7. The van der Waals surface area contributed by atoms with Crippen molar-refractivity contribution in [3.05, 3.63) is 42.2 Å². The molecule has 2 saturated heterocycles. The molecule has 9 heteroatoms. The summed E-state index contributed by atoms with van der Waals surface area (Å²) in [6, 6.07) is 8.16. The van der Waals surface area contributed by atoms with Crippen LogP contribution >= 0.6 is 0 Å². The molecular formula is C19H22N6O3. The Bertz CT molecular complexity index is 897. The predicted octanol–water partition coefficient (Wildman–Crippen LogP) is 2.22. The lowest BCUT2D eigenvalue weighted by Crippen LogP contribution is -2.41. The third kappa shape index (κ3) is 3.42. The lowest BCUT2D eigenvalue weighted by Gasteiger charge is -2.32. The summed E-state index contributed by atoms with van der Waals surface area (Å²) in [5.41, 5.74) is 2.03. The second-order valence-electron chi connectivity index (χ2n) is 7.15. The number of piperidine rings is 1. The molecule has 2 aliphatic heterocycles. The van der Waals surface area contributed by atoms with Gasteiger partial charge in [0.05, 0.1) is 5.69 Å². The van der Waals surface area contributed by atoms with Gasteiger partial charge in [0.15, 0.2) is 0 Å². The molecule has 28 heavy (non-hydrogen) atoms. The van der Waals surface area contributed by atoms with Crippen molar-refractivity contribution in [3.8, 4) is 0 Å². The Morgan fingerprint density at radius 2 is 2.14 bits per heavy atom. The first-order valence-corrected chi connectivity index (χ1v) is 9.26. The summed E-state index contributed by atoms with van der Waals surface area (Å²) in [6.07, 6.45) is 3.65. The van der Waals surface area contributed by atoms with Crippen LogP contribution in [0.3, 0.4) is 0 Å². The van der Waals surface area contributed by atoms with Gasteiger partial charge in [-0.3, -0.25) is 9.89 Å². The third-order valence-electron chi connectivity index (χ3n) is 5.17. The second kappa shape index (κ2) is 7.34. The van der Waals surface area contributed by atoms with Gasteiger partial charge in [-0.15, -0.1) is 0 Å². The number of nitrogens with zero attached hydrogens (tertiary/aromatic N) is 4. The predicted molar refractivity (Wildman–Crippen MR) is 103 cm³/mol. The molecule has 2 fully saturated rings. The zero-order valence-corrected chi connectivity index (χ0v) is 15.6. The van der Waals surface area contributed by atoms with Crippen LogP contribution in [0.2, 0.25) is 0 Å². The minimum absolute atomic E-state index is 0.0538. The SMILES string of the molecule is CN1CC(=O)N(c2cccc(NC(=O)N3CCC[C@H](c4ccn[nH]4)C3)c2)C1=O. The van der Waals surface area contributed by atoms with Gasteiger partial charge in [-0.05, 0) is 37.1 Å². The number of anilines is 2. The van der Waals surface area contributed by atoms with Crippen molar-refractivity contribution in [3.63, 3.8) is 0 Å². The van der Waals surface area contributed by atoms with Crippen LogP contribution in [0.4, 0.5) is 21.0 Å². The average Bonchev–Trinajstić information content (AvgIpc) is 3.31. The van der Waals surface area contributed by atoms with E-state index in [0.717, 1.165) is 23.4 Å². The number of carbonyl (C=O) groups excluding carboxylic acids is 3. The van der Waals surface area contributed by atoms with Gasteiger partial charge in [0.1, 0.15) is 6.54 Å². The number of urea groups is 2. The van der Waals surface area contributed by atoms with Crippen LogP contribution in [-0.2, 0) is 4.79 Å². The fourth-order valence-electron chi connectivity index (χ4n) is 3.71. The number of rotatable bonds is 3. The van der Waals surface area contributed by atoms with E-state index in [-0.39, 0.29) is 30.4 Å². The van der Waals surface area contributed by atoms with E-state index in [1.165, 1.54) is 4.90 Å². The Hall–Kier alpha value is -3.36. The Morgan fingerprint density at radius 1 is 1.29 bits per heavy atom. The minimum atomic E-state index is -0.369. The molecule has 2 N–H and O–H groups in total. The van der Waals surface area contributed by atoms with Gasteiger partial charge in [-0.1, -0.05) is 6.07 Å². The number of benzene rings is 1. The van der Waals surface area contributed by atoms with Crippen LogP contribution in [0.25, 0.3) is 0 Å². The summed E-state index contributed by atoms with van der Waals surface area (Å²) in [5.74, 6) is -0.0434. The van der Waals surface area contributed by atoms with Crippen LogP contribution in [-0.4, -0.2) is 64.6 Å². The van der Waals surface area contributed by atoms with E-state index in [1.807, 2.05) is 6.07 Å². The number of nitrogens with one attached hydrogen (secondary N) is 2. The summed E-state index contributed by atoms with van der Waals surface area (Å²) in [5, 5.41) is 9.86. The second-order valence-corrected chi connectivity index (χ2v) is 7.15. The standard InChI is InChI=1S/C19H22N6O3/c1-23-12-17(26)25(19(23)28)15-6-2-5-14(10-15)21-18(27)24-9-3-4-13(11-24)16-7-8-20-22-16/h2,5-8,10,13H,3-4,9,11-12H2,1H3,(H,20,22)(H,21,27)/t13-/m0/s1. The smallest absolute Gasteiger partial charge is 0.324 e. The van der Waals surface area contributed by atoms with Crippen LogP contribution < -0.4 is 10.2 Å². The maximum Gasteiger partial charge on any atom is 0.331 e. The molecule has 0 saturated carbocycles. The lowest BCUT2D eigenvalue weighted by molar-refractivity contribution is -0.116. The van der Waals surface area contributed by atoms with Crippen molar-refractivity contribution in [2.45, 2.75) is 18.8 Å². The summed E-state index contributed by atoms with van der Waals surface area (Å²) in [6.45, 7) is 1.35. The molecule has 2 aromatic rings. The number of aromatic nitrogens is 2. The van der Waals surface area contributed by atoms with E-state index in [0.29, 0.717) is 24.5 Å². The van der Waals surface area contributed by atoms with Crippen LogP contribution in [0.5, 0.6) is 0 Å². The first-order chi connectivity index (χ1) is 13.5. The van der Waals surface area contributed by atoms with Crippen LogP contribution in [0.15, 0.2) is 36.5 Å². The number of likely N-dealkylation sites (tertiary alicyclic amines) is 1. The molecule has 1 aromatic carbocycles. The molecule has 0 spiro atoms. The molecule has 1 atom stereocenters. The quantitative estimate of drug-likeness (QED) is 0.795. The van der Waals surface area contributed by atoms with E-state index in [4.69, 9.17) is 0 Å². The highest BCUT2D eigenvalue weighted by Crippen LogP contribution is 2.27.